The van der Waals surface area contributed by atoms with E-state index in [4.69, 9.17) is 4.74 Å². The van der Waals surface area contributed by atoms with Crippen LogP contribution >= 0.6 is 0 Å². The highest BCUT2D eigenvalue weighted by Crippen LogP contribution is 2.39. The Bertz CT molecular complexity index is 1270. The van der Waals surface area contributed by atoms with Gasteiger partial charge in [-0.3, -0.25) is 4.79 Å². The normalized spacial score (nSPS) is 30.1. The molecule has 4 atom stereocenters. The van der Waals surface area contributed by atoms with Crippen molar-refractivity contribution in [3.05, 3.63) is 59.2 Å². The summed E-state index contributed by atoms with van der Waals surface area (Å²) in [7, 11) is -2.71. The molecule has 3 saturated heterocycles. The van der Waals surface area contributed by atoms with E-state index in [1.165, 1.54) is 36.2 Å². The summed E-state index contributed by atoms with van der Waals surface area (Å²) in [4.78, 5) is 14.4. The average molecular weight is 510 g/mol. The number of carbonyl (C=O) groups is 1. The summed E-state index contributed by atoms with van der Waals surface area (Å²) in [6, 6.07) is 6.62. The number of hydrogen-bond acceptors (Lipinski definition) is 4. The fourth-order valence-corrected chi connectivity index (χ4v) is 6.48. The third kappa shape index (κ3) is 4.24. The third-order valence-corrected chi connectivity index (χ3v) is 8.57. The van der Waals surface area contributed by atoms with Gasteiger partial charge in [-0.05, 0) is 42.2 Å². The van der Waals surface area contributed by atoms with Crippen molar-refractivity contribution in [2.75, 3.05) is 26.7 Å². The minimum atomic E-state index is -3.97. The number of carbonyl (C=O) groups excluding carboxylic acids is 1. The molecule has 0 spiro atoms. The predicted octanol–water partition coefficient (Wildman–Crippen LogP) is 2.34. The second-order valence-corrected chi connectivity index (χ2v) is 11.4. The summed E-state index contributed by atoms with van der Waals surface area (Å²) in [6.45, 7) is 1.35. The summed E-state index contributed by atoms with van der Waals surface area (Å²) >= 11 is 0. The number of nitrogens with one attached hydrogen (secondary N) is 1. The van der Waals surface area contributed by atoms with Crippen molar-refractivity contribution in [3.63, 3.8) is 0 Å². The highest BCUT2D eigenvalue weighted by molar-refractivity contribution is 7.87. The van der Waals surface area contributed by atoms with E-state index >= 15 is 8.78 Å². The largest absolute Gasteiger partial charge is 0.368 e. The number of nitrogens with zero attached hydrogens (tertiary/aromatic N) is 2. The van der Waals surface area contributed by atoms with Gasteiger partial charge in [-0.2, -0.15) is 17.4 Å². The molecule has 2 aromatic rings. The Hall–Kier alpha value is -2.47. The Labute approximate surface area is 202 Å². The lowest BCUT2D eigenvalue weighted by Gasteiger charge is -2.38. The van der Waals surface area contributed by atoms with Gasteiger partial charge >= 0.3 is 0 Å². The minimum Gasteiger partial charge on any atom is -0.368 e. The van der Waals surface area contributed by atoms with E-state index in [9.17, 15) is 17.6 Å². The van der Waals surface area contributed by atoms with Crippen LogP contribution in [0.4, 0.5) is 13.2 Å². The number of hydrogen-bond donors (Lipinski definition) is 1. The van der Waals surface area contributed by atoms with Gasteiger partial charge in [-0.1, -0.05) is 24.3 Å². The molecule has 1 amide bonds. The van der Waals surface area contributed by atoms with Crippen molar-refractivity contribution in [1.29, 1.82) is 0 Å². The van der Waals surface area contributed by atoms with E-state index in [0.29, 0.717) is 24.2 Å². The van der Waals surface area contributed by atoms with Gasteiger partial charge < -0.3 is 9.64 Å². The van der Waals surface area contributed by atoms with Crippen LogP contribution in [0.3, 0.4) is 0 Å². The third-order valence-electron chi connectivity index (χ3n) is 7.07. The van der Waals surface area contributed by atoms with Crippen LogP contribution in [0.15, 0.2) is 36.4 Å². The number of amides is 1. The molecule has 3 fully saturated rings. The van der Waals surface area contributed by atoms with E-state index in [1.807, 2.05) is 0 Å². The summed E-state index contributed by atoms with van der Waals surface area (Å²) in [6.07, 6.45) is -0.364. The molecule has 0 bridgehead atoms. The smallest absolute Gasteiger partial charge is 0.279 e. The monoisotopic (exact) mass is 509 g/mol. The molecule has 3 heterocycles. The van der Waals surface area contributed by atoms with Gasteiger partial charge in [0.15, 0.2) is 5.67 Å². The first-order valence-corrected chi connectivity index (χ1v) is 12.8. The van der Waals surface area contributed by atoms with Crippen molar-refractivity contribution in [2.45, 2.75) is 43.6 Å². The van der Waals surface area contributed by atoms with Crippen LogP contribution in [-0.2, 0) is 26.2 Å². The molecular formula is C24H26F3N3O4S. The molecule has 1 N–H and O–H groups in total. The maximum Gasteiger partial charge on any atom is 0.279 e. The van der Waals surface area contributed by atoms with Crippen molar-refractivity contribution < 1.29 is 31.1 Å². The molecule has 2 aromatic carbocycles. The highest BCUT2D eigenvalue weighted by Gasteiger charge is 2.60. The van der Waals surface area contributed by atoms with Gasteiger partial charge in [-0.15, -0.1) is 0 Å². The molecule has 0 aliphatic carbocycles. The van der Waals surface area contributed by atoms with E-state index in [2.05, 4.69) is 4.72 Å². The van der Waals surface area contributed by atoms with E-state index in [1.54, 1.807) is 19.1 Å². The quantitative estimate of drug-likeness (QED) is 0.687. The number of rotatable bonds is 4. The molecule has 1 unspecified atom stereocenters. The zero-order chi connectivity index (χ0) is 25.1. The van der Waals surface area contributed by atoms with Crippen LogP contribution in [-0.4, -0.2) is 74.1 Å². The van der Waals surface area contributed by atoms with E-state index in [-0.39, 0.29) is 24.1 Å². The second-order valence-electron chi connectivity index (χ2n) is 9.57. The van der Waals surface area contributed by atoms with Gasteiger partial charge in [0.1, 0.15) is 17.7 Å². The molecule has 0 radical (unpaired) electrons. The first-order valence-electron chi connectivity index (χ1n) is 11.4. The maximum atomic E-state index is 16.1. The molecule has 0 saturated carbocycles. The van der Waals surface area contributed by atoms with Crippen molar-refractivity contribution in [2.24, 2.45) is 0 Å². The lowest BCUT2D eigenvalue weighted by molar-refractivity contribution is -0.157. The van der Waals surface area contributed by atoms with Gasteiger partial charge in [0.25, 0.3) is 16.1 Å². The number of fused-ring (bicyclic) bond motifs is 1. The zero-order valence-electron chi connectivity index (χ0n) is 19.3. The number of aryl methyl sites for hydroxylation is 1. The molecule has 11 heteroatoms. The van der Waals surface area contributed by atoms with Gasteiger partial charge in [0, 0.05) is 19.0 Å². The number of likely N-dealkylation sites (tertiary alicyclic amines) is 1. The number of halogens is 3. The van der Waals surface area contributed by atoms with Gasteiger partial charge in [0.2, 0.25) is 0 Å². The Morgan fingerprint density at radius 1 is 1.23 bits per heavy atom. The summed E-state index contributed by atoms with van der Waals surface area (Å²) in [5, 5.41) is 0. The Kier molecular flexibility index (Phi) is 5.94. The van der Waals surface area contributed by atoms with Crippen LogP contribution in [0.2, 0.25) is 0 Å². The minimum absolute atomic E-state index is 0.130. The Morgan fingerprint density at radius 2 is 1.97 bits per heavy atom. The van der Waals surface area contributed by atoms with Crippen LogP contribution in [0, 0.1) is 18.6 Å². The van der Waals surface area contributed by atoms with Crippen molar-refractivity contribution >= 4 is 16.1 Å². The number of ether oxygens (including phenoxy) is 1. The molecule has 188 valence electrons. The predicted molar refractivity (Wildman–Crippen MR) is 122 cm³/mol. The van der Waals surface area contributed by atoms with Gasteiger partial charge in [-0.25, -0.2) is 13.2 Å². The maximum absolute atomic E-state index is 16.1. The first kappa shape index (κ1) is 24.2. The zero-order valence-corrected chi connectivity index (χ0v) is 20.1. The first-order chi connectivity index (χ1) is 16.5. The molecular weight excluding hydrogens is 483 g/mol. The SMILES string of the molecule is Cc1cc(F)cc(-c2cccc(C[C@H]3[C@H]4NS(=O)(=O)N(C)CC4(F)CN3C(=O)[C@@H]3CCO3)c2F)c1. The van der Waals surface area contributed by atoms with E-state index in [0.717, 1.165) is 4.31 Å². The topological polar surface area (TPSA) is 79.0 Å². The van der Waals surface area contributed by atoms with Crippen molar-refractivity contribution in [1.82, 2.24) is 13.9 Å². The van der Waals surface area contributed by atoms with E-state index < -0.39 is 58.2 Å². The lowest BCUT2D eigenvalue weighted by Crippen LogP contribution is -2.65. The average Bonchev–Trinajstić information content (AvgIpc) is 2.99. The molecule has 3 aliphatic rings. The summed E-state index contributed by atoms with van der Waals surface area (Å²) in [5.41, 5.74) is -0.745. The second kappa shape index (κ2) is 8.58. The van der Waals surface area contributed by atoms with Gasteiger partial charge in [0.05, 0.1) is 31.8 Å². The molecule has 7 nitrogen and oxygen atoms in total. The molecule has 3 aliphatic heterocycles. The molecule has 0 aromatic heterocycles. The van der Waals surface area contributed by atoms with Crippen LogP contribution in [0.25, 0.3) is 11.1 Å². The van der Waals surface area contributed by atoms with Crippen LogP contribution in [0.1, 0.15) is 17.5 Å². The van der Waals surface area contributed by atoms with Crippen molar-refractivity contribution in [3.8, 4) is 11.1 Å². The fraction of sp³-hybridized carbons (Fsp3) is 0.458. The summed E-state index contributed by atoms with van der Waals surface area (Å²) < 4.78 is 79.3. The molecule has 35 heavy (non-hydrogen) atoms. The summed E-state index contributed by atoms with van der Waals surface area (Å²) in [5.74, 6) is -1.57. The Balaban J connectivity index is 1.53. The highest BCUT2D eigenvalue weighted by atomic mass is 32.2. The number of alkyl halides is 1. The Morgan fingerprint density at radius 3 is 2.63 bits per heavy atom. The lowest BCUT2D eigenvalue weighted by atomic mass is 9.91. The molecule has 5 rings (SSSR count). The fourth-order valence-electron chi connectivity index (χ4n) is 5.22. The van der Waals surface area contributed by atoms with Crippen LogP contribution in [0.5, 0.6) is 0 Å². The standard InChI is InChI=1S/C24H26F3N3O4S/c1-14-8-16(10-17(25)9-14)18-5-3-4-15(21(18)26)11-19-22-24(27,12-29(2)35(32,33)28-22)13-30(19)23(31)20-6-7-34-20/h3-5,8-10,19-20,22,28H,6-7,11-13H2,1-2H3/t19-,20-,22+,24?/m0/s1. The van der Waals surface area contributed by atoms with Crippen LogP contribution < -0.4 is 4.72 Å². The number of benzene rings is 2.